The zero-order valence-electron chi connectivity index (χ0n) is 15.4. The van der Waals surface area contributed by atoms with Gasteiger partial charge >= 0.3 is 0 Å². The summed E-state index contributed by atoms with van der Waals surface area (Å²) in [6.45, 7) is 3.66. The van der Waals surface area contributed by atoms with Gasteiger partial charge in [-0.3, -0.25) is 4.79 Å². The minimum Gasteiger partial charge on any atom is -0.504 e. The normalized spacial score (nSPS) is 15.2. The summed E-state index contributed by atoms with van der Waals surface area (Å²) in [5.74, 6) is 0.923. The Labute approximate surface area is 158 Å². The van der Waals surface area contributed by atoms with Gasteiger partial charge in [-0.05, 0) is 37.1 Å². The van der Waals surface area contributed by atoms with Crippen molar-refractivity contribution in [2.45, 2.75) is 26.2 Å². The molecule has 1 aliphatic heterocycles. The number of hydrogen-bond acceptors (Lipinski definition) is 5. The van der Waals surface area contributed by atoms with E-state index in [2.05, 4.69) is 57.3 Å². The third-order valence-electron chi connectivity index (χ3n) is 5.39. The molecule has 2 heterocycles. The van der Waals surface area contributed by atoms with Gasteiger partial charge in [-0.1, -0.05) is 36.4 Å². The van der Waals surface area contributed by atoms with Gasteiger partial charge in [0.2, 0.25) is 0 Å². The summed E-state index contributed by atoms with van der Waals surface area (Å²) in [6, 6.07) is 15.0. The molecule has 1 saturated heterocycles. The van der Waals surface area contributed by atoms with Gasteiger partial charge < -0.3 is 10.0 Å². The van der Waals surface area contributed by atoms with Gasteiger partial charge in [-0.25, -0.2) is 9.97 Å². The Bertz CT molecular complexity index is 973. The van der Waals surface area contributed by atoms with Gasteiger partial charge in [-0.15, -0.1) is 0 Å². The molecule has 0 amide bonds. The van der Waals surface area contributed by atoms with Crippen LogP contribution in [-0.2, 0) is 11.2 Å². The topological polar surface area (TPSA) is 66.3 Å². The molecule has 0 atom stereocenters. The fraction of sp³-hybridized carbons (Fsp3) is 0.318. The molecule has 1 aromatic heterocycles. The average molecular weight is 360 g/mol. The molecule has 1 radical (unpaired) electrons. The van der Waals surface area contributed by atoms with Gasteiger partial charge in [0.15, 0.2) is 11.4 Å². The zero-order chi connectivity index (χ0) is 18.8. The zero-order valence-corrected chi connectivity index (χ0v) is 15.4. The number of fused-ring (bicyclic) bond motifs is 1. The Morgan fingerprint density at radius 2 is 1.85 bits per heavy atom. The second-order valence-corrected chi connectivity index (χ2v) is 7.16. The van der Waals surface area contributed by atoms with E-state index in [1.165, 1.54) is 16.5 Å². The van der Waals surface area contributed by atoms with Crippen LogP contribution in [0.25, 0.3) is 10.8 Å². The van der Waals surface area contributed by atoms with Crippen LogP contribution in [0.2, 0.25) is 0 Å². The lowest BCUT2D eigenvalue weighted by atomic mass is 9.92. The van der Waals surface area contributed by atoms with Crippen molar-refractivity contribution >= 4 is 22.7 Å². The summed E-state index contributed by atoms with van der Waals surface area (Å²) in [6.07, 6.45) is 4.52. The first-order valence-electron chi connectivity index (χ1n) is 9.33. The molecule has 1 aliphatic rings. The lowest BCUT2D eigenvalue weighted by Crippen LogP contribution is -2.34. The maximum Gasteiger partial charge on any atom is 0.257 e. The maximum atomic E-state index is 10.9. The van der Waals surface area contributed by atoms with Crippen molar-refractivity contribution < 1.29 is 9.90 Å². The number of carbonyl (C=O) groups excluding carboxylic acids is 1. The molecule has 137 valence electrons. The predicted molar refractivity (Wildman–Crippen MR) is 106 cm³/mol. The van der Waals surface area contributed by atoms with Crippen LogP contribution < -0.4 is 4.90 Å². The number of piperidine rings is 1. The van der Waals surface area contributed by atoms with Gasteiger partial charge in [0.1, 0.15) is 5.82 Å². The molecule has 0 spiro atoms. The van der Waals surface area contributed by atoms with Crippen LogP contribution in [-0.4, -0.2) is 34.5 Å². The van der Waals surface area contributed by atoms with Crippen LogP contribution in [0.4, 0.5) is 5.69 Å². The number of aryl methyl sites for hydroxylation is 1. The summed E-state index contributed by atoms with van der Waals surface area (Å²) >= 11 is 0. The highest BCUT2D eigenvalue weighted by molar-refractivity contribution is 5.94. The first-order chi connectivity index (χ1) is 13.2. The number of hydrogen-bond donors (Lipinski definition) is 1. The first-order valence-corrected chi connectivity index (χ1v) is 9.33. The average Bonchev–Trinajstić information content (AvgIpc) is 2.71. The fourth-order valence-electron chi connectivity index (χ4n) is 3.91. The minimum atomic E-state index is -0.167. The lowest BCUT2D eigenvalue weighted by molar-refractivity contribution is 0.394. The molecule has 1 N–H and O–H groups in total. The summed E-state index contributed by atoms with van der Waals surface area (Å²) in [7, 11) is 0. The van der Waals surface area contributed by atoms with Crippen LogP contribution in [0.1, 0.15) is 30.1 Å². The summed E-state index contributed by atoms with van der Waals surface area (Å²) < 4.78 is 0. The molecule has 0 aliphatic carbocycles. The number of nitrogens with zero attached hydrogens (tertiary/aromatic N) is 3. The van der Waals surface area contributed by atoms with Crippen LogP contribution in [0, 0.1) is 12.8 Å². The third-order valence-corrected chi connectivity index (χ3v) is 5.39. The highest BCUT2D eigenvalue weighted by atomic mass is 16.3. The summed E-state index contributed by atoms with van der Waals surface area (Å²) in [5.41, 5.74) is 1.69. The van der Waals surface area contributed by atoms with Gasteiger partial charge in [0.25, 0.3) is 6.29 Å². The second kappa shape index (κ2) is 7.35. The first kappa shape index (κ1) is 17.5. The van der Waals surface area contributed by atoms with E-state index in [1.807, 2.05) is 0 Å². The van der Waals surface area contributed by atoms with Crippen LogP contribution in [0.15, 0.2) is 42.5 Å². The van der Waals surface area contributed by atoms with Crippen molar-refractivity contribution in [1.82, 2.24) is 9.97 Å². The maximum absolute atomic E-state index is 10.9. The largest absolute Gasteiger partial charge is 0.504 e. The number of benzene rings is 2. The standard InChI is InChI=1S/C22H22N3O2/c1-15-22(27)19(14-26)24-21(23-15)13-16-9-11-25(12-10-16)20-8-4-6-17-5-2-3-7-18(17)20/h2-8,16,27H,9-13H2,1H3. The van der Waals surface area contributed by atoms with E-state index in [-0.39, 0.29) is 11.4 Å². The Morgan fingerprint density at radius 1 is 1.11 bits per heavy atom. The molecule has 0 saturated carbocycles. The smallest absolute Gasteiger partial charge is 0.257 e. The molecule has 0 bridgehead atoms. The lowest BCUT2D eigenvalue weighted by Gasteiger charge is -2.34. The van der Waals surface area contributed by atoms with Crippen molar-refractivity contribution in [3.8, 4) is 5.75 Å². The van der Waals surface area contributed by atoms with E-state index in [9.17, 15) is 9.90 Å². The van der Waals surface area contributed by atoms with Crippen molar-refractivity contribution in [1.29, 1.82) is 0 Å². The molecule has 0 unspecified atom stereocenters. The van der Waals surface area contributed by atoms with E-state index in [0.717, 1.165) is 32.4 Å². The number of rotatable bonds is 4. The van der Waals surface area contributed by atoms with Crippen molar-refractivity contribution in [3.63, 3.8) is 0 Å². The molecule has 2 aromatic carbocycles. The van der Waals surface area contributed by atoms with E-state index < -0.39 is 0 Å². The molecule has 27 heavy (non-hydrogen) atoms. The molecule has 5 heteroatoms. The monoisotopic (exact) mass is 360 g/mol. The van der Waals surface area contributed by atoms with Crippen LogP contribution in [0.5, 0.6) is 5.75 Å². The van der Waals surface area contributed by atoms with Gasteiger partial charge in [-0.2, -0.15) is 0 Å². The van der Waals surface area contributed by atoms with E-state index in [0.29, 0.717) is 17.4 Å². The third kappa shape index (κ3) is 3.50. The minimum absolute atomic E-state index is 0.0364. The van der Waals surface area contributed by atoms with Crippen LogP contribution in [0.3, 0.4) is 0 Å². The number of aromatic hydroxyl groups is 1. The Morgan fingerprint density at radius 3 is 2.63 bits per heavy atom. The number of anilines is 1. The van der Waals surface area contributed by atoms with Crippen molar-refractivity contribution in [3.05, 3.63) is 59.7 Å². The van der Waals surface area contributed by atoms with E-state index in [4.69, 9.17) is 0 Å². The van der Waals surface area contributed by atoms with Crippen molar-refractivity contribution in [2.24, 2.45) is 5.92 Å². The predicted octanol–water partition coefficient (Wildman–Crippen LogP) is 3.56. The van der Waals surface area contributed by atoms with Gasteiger partial charge in [0, 0.05) is 30.6 Å². The highest BCUT2D eigenvalue weighted by Gasteiger charge is 2.22. The molecule has 5 nitrogen and oxygen atoms in total. The molecule has 1 fully saturated rings. The summed E-state index contributed by atoms with van der Waals surface area (Å²) in [4.78, 5) is 21.9. The Hall–Kier alpha value is -2.95. The van der Waals surface area contributed by atoms with Crippen molar-refractivity contribution in [2.75, 3.05) is 18.0 Å². The van der Waals surface area contributed by atoms with E-state index >= 15 is 0 Å². The van der Waals surface area contributed by atoms with E-state index in [1.54, 1.807) is 13.2 Å². The molecule has 3 aromatic rings. The Kier molecular flexibility index (Phi) is 4.75. The van der Waals surface area contributed by atoms with Gasteiger partial charge in [0.05, 0.1) is 5.69 Å². The molecule has 4 rings (SSSR count). The fourth-order valence-corrected chi connectivity index (χ4v) is 3.91. The summed E-state index contributed by atoms with van der Waals surface area (Å²) in [5, 5.41) is 12.3. The highest BCUT2D eigenvalue weighted by Crippen LogP contribution is 2.31. The SMILES string of the molecule is Cc1nc(CC2CCN(c3cccc4ccccc34)CC2)nc([C]=O)c1O. The quantitative estimate of drug-likeness (QED) is 0.771. The Balaban J connectivity index is 1.46. The second-order valence-electron chi connectivity index (χ2n) is 7.16. The number of aromatic nitrogens is 2. The molecular weight excluding hydrogens is 338 g/mol. The molecular formula is C22H22N3O2. The van der Waals surface area contributed by atoms with Crippen LogP contribution >= 0.6 is 0 Å².